The number of nitrogens with two attached hydrogens (primary N) is 1. The molecule has 3 N–H and O–H groups in total. The summed E-state index contributed by atoms with van der Waals surface area (Å²) in [6.45, 7) is 3.52. The van der Waals surface area contributed by atoms with E-state index < -0.39 is 11.9 Å². The lowest BCUT2D eigenvalue weighted by atomic mass is 9.95. The van der Waals surface area contributed by atoms with Crippen LogP contribution in [0, 0.1) is 0 Å². The highest BCUT2D eigenvalue weighted by molar-refractivity contribution is 4.93. The zero-order valence-electron chi connectivity index (χ0n) is 11.2. The molecule has 0 radical (unpaired) electrons. The fourth-order valence-electron chi connectivity index (χ4n) is 2.61. The van der Waals surface area contributed by atoms with Gasteiger partial charge in [-0.2, -0.15) is 0 Å². The van der Waals surface area contributed by atoms with E-state index in [0.29, 0.717) is 0 Å². The van der Waals surface area contributed by atoms with Crippen LogP contribution in [0.25, 0.3) is 0 Å². The molecule has 2 rings (SSSR count). The first-order chi connectivity index (χ1) is 8.46. The average Bonchev–Trinajstić information content (AvgIpc) is 2.65. The van der Waals surface area contributed by atoms with E-state index in [1.54, 1.807) is 7.11 Å². The van der Waals surface area contributed by atoms with Gasteiger partial charge in [-0.05, 0) is 26.7 Å². The molecular weight excluding hydrogens is 238 g/mol. The molecule has 0 aliphatic carbocycles. The highest BCUT2D eigenvalue weighted by Crippen LogP contribution is 2.34. The SMILES string of the molecule is CO[C@@H]1CC[C@H](N)[C@@H]([C@@H]2OC(C)(C)O[C@H]2CO)O1. The first kappa shape index (κ1) is 14.2. The van der Waals surface area contributed by atoms with Gasteiger partial charge in [0.2, 0.25) is 0 Å². The number of hydrogen-bond donors (Lipinski definition) is 2. The lowest BCUT2D eigenvalue weighted by molar-refractivity contribution is -0.223. The van der Waals surface area contributed by atoms with Crippen LogP contribution in [0.15, 0.2) is 0 Å². The van der Waals surface area contributed by atoms with Gasteiger partial charge in [0.05, 0.1) is 6.61 Å². The second-order valence-corrected chi connectivity index (χ2v) is 5.33. The van der Waals surface area contributed by atoms with Gasteiger partial charge in [0.25, 0.3) is 0 Å². The van der Waals surface area contributed by atoms with Crippen LogP contribution in [-0.2, 0) is 18.9 Å². The summed E-state index contributed by atoms with van der Waals surface area (Å²) in [6, 6.07) is -0.132. The quantitative estimate of drug-likeness (QED) is 0.743. The standard InChI is InChI=1S/C12H23NO5/c1-12(2)17-8(6-14)11(18-12)10-7(13)4-5-9(15-3)16-10/h7-11,14H,4-6,13H2,1-3H3/t7-,8-,9-,10-,11+/m0/s1. The van der Waals surface area contributed by atoms with E-state index in [0.717, 1.165) is 12.8 Å². The number of rotatable bonds is 3. The molecule has 5 atom stereocenters. The van der Waals surface area contributed by atoms with Gasteiger partial charge in [-0.15, -0.1) is 0 Å². The van der Waals surface area contributed by atoms with Gasteiger partial charge in [-0.3, -0.25) is 0 Å². The molecule has 0 saturated carbocycles. The zero-order valence-corrected chi connectivity index (χ0v) is 11.2. The number of hydrogen-bond acceptors (Lipinski definition) is 6. The van der Waals surface area contributed by atoms with Crippen LogP contribution in [0.3, 0.4) is 0 Å². The Kier molecular flexibility index (Phi) is 4.25. The fourth-order valence-corrected chi connectivity index (χ4v) is 2.61. The van der Waals surface area contributed by atoms with Crippen LogP contribution in [-0.4, -0.2) is 55.3 Å². The van der Waals surface area contributed by atoms with Crippen molar-refractivity contribution in [3.8, 4) is 0 Å². The minimum absolute atomic E-state index is 0.113. The Morgan fingerprint density at radius 2 is 2.00 bits per heavy atom. The summed E-state index contributed by atoms with van der Waals surface area (Å²) in [7, 11) is 1.61. The summed E-state index contributed by atoms with van der Waals surface area (Å²) >= 11 is 0. The first-order valence-electron chi connectivity index (χ1n) is 6.37. The van der Waals surface area contributed by atoms with Gasteiger partial charge in [0.1, 0.15) is 18.3 Å². The van der Waals surface area contributed by atoms with E-state index in [2.05, 4.69) is 0 Å². The van der Waals surface area contributed by atoms with Crippen molar-refractivity contribution in [1.82, 2.24) is 0 Å². The molecule has 0 aromatic heterocycles. The normalized spacial score (nSPS) is 44.2. The molecular formula is C12H23NO5. The molecule has 2 heterocycles. The minimum Gasteiger partial charge on any atom is -0.394 e. The highest BCUT2D eigenvalue weighted by atomic mass is 16.8. The largest absolute Gasteiger partial charge is 0.394 e. The third-order valence-corrected chi connectivity index (χ3v) is 3.45. The highest BCUT2D eigenvalue weighted by Gasteiger charge is 2.48. The Balaban J connectivity index is 2.08. The molecule has 2 fully saturated rings. The summed E-state index contributed by atoms with van der Waals surface area (Å²) in [5.41, 5.74) is 6.08. The van der Waals surface area contributed by atoms with E-state index in [1.165, 1.54) is 0 Å². The molecule has 18 heavy (non-hydrogen) atoms. The third-order valence-electron chi connectivity index (χ3n) is 3.45. The number of methoxy groups -OCH3 is 1. The van der Waals surface area contributed by atoms with E-state index in [9.17, 15) is 5.11 Å². The molecule has 2 aliphatic rings. The molecule has 6 nitrogen and oxygen atoms in total. The van der Waals surface area contributed by atoms with Crippen LogP contribution in [0.1, 0.15) is 26.7 Å². The van der Waals surface area contributed by atoms with Gasteiger partial charge >= 0.3 is 0 Å². The molecule has 0 aromatic carbocycles. The number of ether oxygens (including phenoxy) is 4. The molecule has 2 saturated heterocycles. The lowest BCUT2D eigenvalue weighted by Crippen LogP contribution is -2.54. The molecule has 0 spiro atoms. The van der Waals surface area contributed by atoms with Crippen molar-refractivity contribution < 1.29 is 24.1 Å². The summed E-state index contributed by atoms with van der Waals surface area (Å²) in [5, 5.41) is 9.38. The molecule has 2 aliphatic heterocycles. The second kappa shape index (κ2) is 5.40. The predicted octanol–water partition coefficient (Wildman–Crippen LogP) is -0.0224. The Bertz CT molecular complexity index is 286. The van der Waals surface area contributed by atoms with Crippen LogP contribution >= 0.6 is 0 Å². The van der Waals surface area contributed by atoms with Crippen LogP contribution in [0.4, 0.5) is 0 Å². The molecule has 6 heteroatoms. The minimum atomic E-state index is -0.721. The van der Waals surface area contributed by atoms with Gasteiger partial charge in [-0.25, -0.2) is 0 Å². The van der Waals surface area contributed by atoms with Gasteiger partial charge in [0.15, 0.2) is 12.1 Å². The topological polar surface area (TPSA) is 83.2 Å². The van der Waals surface area contributed by atoms with Crippen molar-refractivity contribution in [3.63, 3.8) is 0 Å². The monoisotopic (exact) mass is 261 g/mol. The molecule has 0 unspecified atom stereocenters. The second-order valence-electron chi connectivity index (χ2n) is 5.33. The number of aliphatic hydroxyl groups is 1. The average molecular weight is 261 g/mol. The van der Waals surface area contributed by atoms with Crippen molar-refractivity contribution in [1.29, 1.82) is 0 Å². The van der Waals surface area contributed by atoms with Crippen LogP contribution < -0.4 is 5.73 Å². The molecule has 0 amide bonds. The summed E-state index contributed by atoms with van der Waals surface area (Å²) in [6.07, 6.45) is 0.227. The van der Waals surface area contributed by atoms with Crippen LogP contribution in [0.2, 0.25) is 0 Å². The Morgan fingerprint density at radius 3 is 2.61 bits per heavy atom. The Hall–Kier alpha value is -0.240. The smallest absolute Gasteiger partial charge is 0.164 e. The number of aliphatic hydroxyl groups excluding tert-OH is 1. The van der Waals surface area contributed by atoms with Crippen molar-refractivity contribution in [2.75, 3.05) is 13.7 Å². The maximum atomic E-state index is 9.38. The maximum absolute atomic E-state index is 9.38. The molecule has 106 valence electrons. The molecule has 0 aromatic rings. The van der Waals surface area contributed by atoms with E-state index >= 15 is 0 Å². The van der Waals surface area contributed by atoms with Gasteiger partial charge in [-0.1, -0.05) is 0 Å². The van der Waals surface area contributed by atoms with Crippen molar-refractivity contribution in [3.05, 3.63) is 0 Å². The summed E-state index contributed by atoms with van der Waals surface area (Å²) in [5.74, 6) is -0.721. The lowest BCUT2D eigenvalue weighted by Gasteiger charge is -2.37. The zero-order chi connectivity index (χ0) is 13.3. The predicted molar refractivity (Wildman–Crippen MR) is 63.8 cm³/mol. The Morgan fingerprint density at radius 1 is 1.28 bits per heavy atom. The van der Waals surface area contributed by atoms with Gasteiger partial charge < -0.3 is 29.8 Å². The van der Waals surface area contributed by atoms with E-state index in [-0.39, 0.29) is 31.1 Å². The van der Waals surface area contributed by atoms with E-state index in [4.69, 9.17) is 24.7 Å². The van der Waals surface area contributed by atoms with Crippen molar-refractivity contribution >= 4 is 0 Å². The van der Waals surface area contributed by atoms with Crippen LogP contribution in [0.5, 0.6) is 0 Å². The third kappa shape index (κ3) is 2.84. The van der Waals surface area contributed by atoms with E-state index in [1.807, 2.05) is 13.8 Å². The summed E-state index contributed by atoms with van der Waals surface area (Å²) < 4.78 is 22.5. The van der Waals surface area contributed by atoms with Crippen molar-refractivity contribution in [2.24, 2.45) is 5.73 Å². The molecule has 0 bridgehead atoms. The fraction of sp³-hybridized carbons (Fsp3) is 1.00. The first-order valence-corrected chi connectivity index (χ1v) is 6.37. The Labute approximate surface area is 107 Å². The summed E-state index contributed by atoms with van der Waals surface area (Å²) in [4.78, 5) is 0. The maximum Gasteiger partial charge on any atom is 0.164 e. The van der Waals surface area contributed by atoms with Crippen molar-refractivity contribution in [2.45, 2.75) is 63.1 Å². The van der Waals surface area contributed by atoms with Gasteiger partial charge in [0, 0.05) is 13.2 Å².